The smallest absolute Gasteiger partial charge is 0.494 e. The van der Waals surface area contributed by atoms with E-state index in [4.69, 9.17) is 9.47 Å². The molecule has 0 saturated carbocycles. The van der Waals surface area contributed by atoms with Crippen molar-refractivity contribution in [2.45, 2.75) is 30.2 Å². The van der Waals surface area contributed by atoms with E-state index in [1.165, 1.54) is 6.92 Å². The Morgan fingerprint density at radius 1 is 1.07 bits per heavy atom. The van der Waals surface area contributed by atoms with Crippen LogP contribution in [0, 0.1) is 0 Å². The van der Waals surface area contributed by atoms with Crippen LogP contribution in [0.3, 0.4) is 0 Å². The lowest BCUT2D eigenvalue weighted by molar-refractivity contribution is -0.139. The number of alkyl halides is 3. The van der Waals surface area contributed by atoms with Gasteiger partial charge in [0.05, 0.1) is 18.1 Å². The maximum absolute atomic E-state index is 12.3. The van der Waals surface area contributed by atoms with Gasteiger partial charge in [0.2, 0.25) is 0 Å². The highest BCUT2D eigenvalue weighted by molar-refractivity contribution is 8.05. The Bertz CT molecular complexity index is 908. The predicted molar refractivity (Wildman–Crippen MR) is 92.2 cm³/mol. The minimum absolute atomic E-state index is 0.172. The van der Waals surface area contributed by atoms with Crippen LogP contribution in [0.1, 0.15) is 19.8 Å². The van der Waals surface area contributed by atoms with Crippen LogP contribution in [-0.4, -0.2) is 41.5 Å². The first kappa shape index (κ1) is 23.9. The fourth-order valence-electron chi connectivity index (χ4n) is 1.64. The van der Waals surface area contributed by atoms with Gasteiger partial charge < -0.3 is 9.47 Å². The first-order valence-electron chi connectivity index (χ1n) is 7.66. The quantitative estimate of drug-likeness (QED) is 0.333. The van der Waals surface area contributed by atoms with E-state index in [9.17, 15) is 34.8 Å². The summed E-state index contributed by atoms with van der Waals surface area (Å²) < 4.78 is 93.1. The van der Waals surface area contributed by atoms with Gasteiger partial charge in [0.15, 0.2) is 0 Å². The zero-order valence-corrected chi connectivity index (χ0v) is 16.3. The highest BCUT2D eigenvalue weighted by atomic mass is 32.3. The lowest BCUT2D eigenvalue weighted by Crippen LogP contribution is -2.40. The molecule has 0 amide bonds. The normalized spacial score (nSPS) is 12.4. The number of carbonyl (C=O) groups excluding carboxylic acids is 1. The molecule has 0 fully saturated rings. The van der Waals surface area contributed by atoms with Crippen LogP contribution in [0.15, 0.2) is 41.3 Å². The van der Waals surface area contributed by atoms with Gasteiger partial charge in [0.1, 0.15) is 5.75 Å². The van der Waals surface area contributed by atoms with Gasteiger partial charge in [-0.2, -0.15) is 13.2 Å². The maximum atomic E-state index is 12.3. The predicted octanol–water partition coefficient (Wildman–Crippen LogP) is 2.09. The van der Waals surface area contributed by atoms with Gasteiger partial charge in [-0.15, -0.1) is 0 Å². The molecule has 0 aliphatic carbocycles. The van der Waals surface area contributed by atoms with Crippen molar-refractivity contribution < 1.29 is 44.3 Å². The van der Waals surface area contributed by atoms with E-state index in [-0.39, 0.29) is 24.5 Å². The summed E-state index contributed by atoms with van der Waals surface area (Å²) in [5, 5.41) is 0. The number of hydrogen-bond acceptors (Lipinski definition) is 7. The van der Waals surface area contributed by atoms with Crippen molar-refractivity contribution in [2.24, 2.45) is 0 Å². The number of rotatable bonds is 10. The van der Waals surface area contributed by atoms with E-state index in [1.54, 1.807) is 0 Å². The Morgan fingerprint density at radius 2 is 1.61 bits per heavy atom. The molecule has 0 aliphatic heterocycles. The molecule has 0 saturated heterocycles. The molecule has 8 nitrogen and oxygen atoms in total. The molecule has 0 heterocycles. The van der Waals surface area contributed by atoms with E-state index in [1.807, 2.05) is 0 Å². The minimum atomic E-state index is -6.06. The number of sulfonamides is 2. The van der Waals surface area contributed by atoms with Crippen molar-refractivity contribution in [3.05, 3.63) is 36.4 Å². The van der Waals surface area contributed by atoms with E-state index < -0.39 is 36.4 Å². The molecule has 0 atom stereocenters. The summed E-state index contributed by atoms with van der Waals surface area (Å²) >= 11 is 0. The SMILES string of the molecule is C=C(C)C(=O)OCCCCOc1ccc(S(=O)(=O)NS(=O)(=O)C(F)(F)F)cc1. The average molecular weight is 445 g/mol. The molecule has 1 aromatic rings. The molecule has 1 rings (SSSR count). The van der Waals surface area contributed by atoms with Crippen molar-refractivity contribution in [2.75, 3.05) is 13.2 Å². The number of carbonyl (C=O) groups is 1. The van der Waals surface area contributed by atoms with Crippen LogP contribution in [0.2, 0.25) is 0 Å². The number of hydrogen-bond donors (Lipinski definition) is 1. The molecule has 0 unspecified atom stereocenters. The van der Waals surface area contributed by atoms with Gasteiger partial charge in [-0.1, -0.05) is 10.7 Å². The summed E-state index contributed by atoms with van der Waals surface area (Å²) in [6, 6.07) is 4.13. The summed E-state index contributed by atoms with van der Waals surface area (Å²) in [4.78, 5) is 10.5. The third kappa shape index (κ3) is 7.13. The van der Waals surface area contributed by atoms with Crippen LogP contribution in [-0.2, 0) is 29.6 Å². The zero-order chi connectivity index (χ0) is 21.6. The number of esters is 1. The number of benzene rings is 1. The Labute approximate surface area is 160 Å². The summed E-state index contributed by atoms with van der Waals surface area (Å²) in [5.41, 5.74) is -5.48. The van der Waals surface area contributed by atoms with Gasteiger partial charge in [-0.25, -0.2) is 21.6 Å². The number of halogens is 3. The molecule has 0 aliphatic rings. The van der Waals surface area contributed by atoms with Crippen LogP contribution in [0.25, 0.3) is 0 Å². The van der Waals surface area contributed by atoms with Gasteiger partial charge in [-0.05, 0) is 44.0 Å². The van der Waals surface area contributed by atoms with E-state index >= 15 is 0 Å². The van der Waals surface area contributed by atoms with Gasteiger partial charge in [-0.3, -0.25) is 0 Å². The molecule has 0 bridgehead atoms. The molecule has 0 radical (unpaired) electrons. The largest absolute Gasteiger partial charge is 0.512 e. The van der Waals surface area contributed by atoms with Crippen LogP contribution < -0.4 is 8.86 Å². The molecule has 28 heavy (non-hydrogen) atoms. The molecule has 1 aromatic carbocycles. The van der Waals surface area contributed by atoms with E-state index in [0.29, 0.717) is 17.0 Å². The standard InChI is InChI=1S/C15H18F3NO7S2/c1-11(2)14(20)26-10-4-3-9-25-12-5-7-13(8-6-12)27(21,22)19-28(23,24)15(16,17)18/h5-8,19H,1,3-4,9-10H2,2H3. The highest BCUT2D eigenvalue weighted by Gasteiger charge is 2.48. The first-order valence-corrected chi connectivity index (χ1v) is 10.6. The fraction of sp³-hybridized carbons (Fsp3) is 0.400. The first-order chi connectivity index (χ1) is 12.8. The van der Waals surface area contributed by atoms with Gasteiger partial charge >= 0.3 is 21.5 Å². The second-order valence-corrected chi connectivity index (χ2v) is 9.09. The van der Waals surface area contributed by atoms with Gasteiger partial charge in [0.25, 0.3) is 10.0 Å². The van der Waals surface area contributed by atoms with E-state index in [2.05, 4.69) is 6.58 Å². The minimum Gasteiger partial charge on any atom is -0.494 e. The molecular weight excluding hydrogens is 427 g/mol. The maximum Gasteiger partial charge on any atom is 0.512 e. The number of ether oxygens (including phenoxy) is 2. The molecular formula is C15H18F3NO7S2. The summed E-state index contributed by atoms with van der Waals surface area (Å²) in [7, 11) is -11.0. The molecule has 0 aromatic heterocycles. The average Bonchev–Trinajstić information content (AvgIpc) is 2.56. The topological polar surface area (TPSA) is 116 Å². The van der Waals surface area contributed by atoms with Crippen LogP contribution in [0.5, 0.6) is 5.75 Å². The van der Waals surface area contributed by atoms with Gasteiger partial charge in [0, 0.05) is 5.57 Å². The van der Waals surface area contributed by atoms with Crippen molar-refractivity contribution in [1.82, 2.24) is 4.13 Å². The Balaban J connectivity index is 2.55. The summed E-state index contributed by atoms with van der Waals surface area (Å²) in [6.07, 6.45) is 1.01. The Morgan fingerprint density at radius 3 is 2.11 bits per heavy atom. The number of nitrogens with one attached hydrogen (secondary N) is 1. The molecule has 13 heteroatoms. The summed E-state index contributed by atoms with van der Waals surface area (Å²) in [5.74, 6) is -0.282. The fourth-order valence-corrected chi connectivity index (χ4v) is 4.05. The number of unbranched alkanes of at least 4 members (excludes halogenated alkanes) is 1. The Kier molecular flexibility index (Phi) is 8.02. The zero-order valence-electron chi connectivity index (χ0n) is 14.7. The van der Waals surface area contributed by atoms with Crippen molar-refractivity contribution in [1.29, 1.82) is 0 Å². The molecule has 1 N–H and O–H groups in total. The molecule has 158 valence electrons. The summed E-state index contributed by atoms with van der Waals surface area (Å²) in [6.45, 7) is 5.33. The van der Waals surface area contributed by atoms with E-state index in [0.717, 1.165) is 24.3 Å². The highest BCUT2D eigenvalue weighted by Crippen LogP contribution is 2.24. The van der Waals surface area contributed by atoms with Crippen molar-refractivity contribution >= 4 is 26.0 Å². The van der Waals surface area contributed by atoms with Crippen molar-refractivity contribution in [3.8, 4) is 5.75 Å². The van der Waals surface area contributed by atoms with Crippen molar-refractivity contribution in [3.63, 3.8) is 0 Å². The lowest BCUT2D eigenvalue weighted by Gasteiger charge is -2.11. The second kappa shape index (κ2) is 9.39. The third-order valence-electron chi connectivity index (χ3n) is 3.05. The monoisotopic (exact) mass is 445 g/mol. The van der Waals surface area contributed by atoms with Crippen LogP contribution in [0.4, 0.5) is 13.2 Å². The molecule has 0 spiro atoms. The second-order valence-electron chi connectivity index (χ2n) is 5.48. The lowest BCUT2D eigenvalue weighted by atomic mass is 10.3. The third-order valence-corrected chi connectivity index (χ3v) is 6.30. The van der Waals surface area contributed by atoms with Crippen LogP contribution >= 0.6 is 0 Å². The Hall–Kier alpha value is -2.12.